The van der Waals surface area contributed by atoms with Gasteiger partial charge in [0.05, 0.1) is 6.10 Å². The summed E-state index contributed by atoms with van der Waals surface area (Å²) in [6.07, 6.45) is -1.37. The lowest BCUT2D eigenvalue weighted by Crippen LogP contribution is -2.25. The van der Waals surface area contributed by atoms with E-state index in [1.807, 2.05) is 13.8 Å². The van der Waals surface area contributed by atoms with Crippen molar-refractivity contribution in [3.8, 4) is 5.75 Å². The molecule has 0 bridgehead atoms. The maximum atomic E-state index is 11.9. The van der Waals surface area contributed by atoms with Gasteiger partial charge in [0.25, 0.3) is 6.47 Å². The van der Waals surface area contributed by atoms with Crippen LogP contribution < -0.4 is 4.74 Å². The van der Waals surface area contributed by atoms with Crippen molar-refractivity contribution in [1.29, 1.82) is 0 Å². The van der Waals surface area contributed by atoms with Gasteiger partial charge < -0.3 is 9.47 Å². The fourth-order valence-electron chi connectivity index (χ4n) is 1.87. The first-order valence-electron chi connectivity index (χ1n) is 5.53. The van der Waals surface area contributed by atoms with E-state index in [1.165, 1.54) is 12.1 Å². The highest BCUT2D eigenvalue weighted by Gasteiger charge is 2.40. The summed E-state index contributed by atoms with van der Waals surface area (Å²) in [5, 5.41) is 0. The second-order valence-corrected chi connectivity index (χ2v) is 4.21. The number of benzene rings is 1. The molecule has 1 aromatic rings. The molecule has 1 aliphatic carbocycles. The molecule has 0 spiro atoms. The first kappa shape index (κ1) is 12.3. The summed E-state index contributed by atoms with van der Waals surface area (Å²) in [6, 6.07) is 4.64. The van der Waals surface area contributed by atoms with Crippen LogP contribution in [0.4, 0.5) is 0 Å². The van der Waals surface area contributed by atoms with Crippen LogP contribution in [-0.4, -0.2) is 30.2 Å². The minimum Gasteiger partial charge on any atom is -0.491 e. The fraction of sp³-hybridized carbons (Fsp3) is 0.308. The normalized spacial score (nSPS) is 17.8. The summed E-state index contributed by atoms with van der Waals surface area (Å²) in [5.41, 5.74) is 0.507. The summed E-state index contributed by atoms with van der Waals surface area (Å²) in [5.74, 6) is -0.480. The van der Waals surface area contributed by atoms with Gasteiger partial charge in [0.2, 0.25) is 17.7 Å². The van der Waals surface area contributed by atoms with Crippen LogP contribution in [0.25, 0.3) is 0 Å². The standard InChI is InChI=1S/C13H12O5/c1-7(2)18-8-3-4-9-10(5-8)12(16)13(11(9)15)17-6-14/h3-7,13H,1-2H3. The average molecular weight is 248 g/mol. The zero-order valence-electron chi connectivity index (χ0n) is 10.0. The lowest BCUT2D eigenvalue weighted by atomic mass is 10.1. The maximum absolute atomic E-state index is 11.9. The second-order valence-electron chi connectivity index (χ2n) is 4.21. The van der Waals surface area contributed by atoms with E-state index in [1.54, 1.807) is 6.07 Å². The fourth-order valence-corrected chi connectivity index (χ4v) is 1.87. The van der Waals surface area contributed by atoms with E-state index >= 15 is 0 Å². The number of hydrogen-bond acceptors (Lipinski definition) is 5. The van der Waals surface area contributed by atoms with Crippen molar-refractivity contribution in [2.45, 2.75) is 26.1 Å². The van der Waals surface area contributed by atoms with Gasteiger partial charge in [-0.2, -0.15) is 0 Å². The maximum Gasteiger partial charge on any atom is 0.294 e. The largest absolute Gasteiger partial charge is 0.491 e. The van der Waals surface area contributed by atoms with Crippen LogP contribution in [0.2, 0.25) is 0 Å². The minimum absolute atomic E-state index is 0.0303. The summed E-state index contributed by atoms with van der Waals surface area (Å²) in [4.78, 5) is 33.9. The van der Waals surface area contributed by atoms with E-state index in [0.717, 1.165) is 0 Å². The number of hydrogen-bond donors (Lipinski definition) is 0. The zero-order chi connectivity index (χ0) is 13.3. The van der Waals surface area contributed by atoms with Gasteiger partial charge in [-0.1, -0.05) is 0 Å². The smallest absolute Gasteiger partial charge is 0.294 e. The Morgan fingerprint density at radius 1 is 1.17 bits per heavy atom. The highest BCUT2D eigenvalue weighted by Crippen LogP contribution is 2.28. The van der Waals surface area contributed by atoms with Crippen molar-refractivity contribution < 1.29 is 23.9 Å². The molecule has 0 aliphatic heterocycles. The van der Waals surface area contributed by atoms with Crippen molar-refractivity contribution >= 4 is 18.0 Å². The van der Waals surface area contributed by atoms with Gasteiger partial charge in [-0.05, 0) is 32.0 Å². The van der Waals surface area contributed by atoms with E-state index in [4.69, 9.17) is 4.74 Å². The number of ketones is 2. The van der Waals surface area contributed by atoms with Crippen LogP contribution in [-0.2, 0) is 9.53 Å². The van der Waals surface area contributed by atoms with Crippen LogP contribution >= 0.6 is 0 Å². The minimum atomic E-state index is -1.34. The second kappa shape index (κ2) is 4.60. The van der Waals surface area contributed by atoms with E-state index in [9.17, 15) is 14.4 Å². The number of carbonyl (C=O) groups is 3. The Labute approximate surface area is 104 Å². The van der Waals surface area contributed by atoms with Crippen molar-refractivity contribution in [2.75, 3.05) is 0 Å². The monoisotopic (exact) mass is 248 g/mol. The summed E-state index contributed by atoms with van der Waals surface area (Å²) >= 11 is 0. The van der Waals surface area contributed by atoms with Crippen molar-refractivity contribution in [2.24, 2.45) is 0 Å². The molecular formula is C13H12O5. The van der Waals surface area contributed by atoms with Crippen molar-refractivity contribution in [1.82, 2.24) is 0 Å². The van der Waals surface area contributed by atoms with E-state index in [2.05, 4.69) is 4.74 Å². The van der Waals surface area contributed by atoms with Gasteiger partial charge in [-0.15, -0.1) is 0 Å². The molecule has 0 N–H and O–H groups in total. The number of ether oxygens (including phenoxy) is 2. The van der Waals surface area contributed by atoms with Gasteiger partial charge in [0.15, 0.2) is 0 Å². The predicted octanol–water partition coefficient (Wildman–Crippen LogP) is 1.39. The highest BCUT2D eigenvalue weighted by molar-refractivity contribution is 6.29. The predicted molar refractivity (Wildman–Crippen MR) is 61.8 cm³/mol. The summed E-state index contributed by atoms with van der Waals surface area (Å²) < 4.78 is 9.95. The Hall–Kier alpha value is -2.17. The lowest BCUT2D eigenvalue weighted by Gasteiger charge is -2.09. The van der Waals surface area contributed by atoms with Gasteiger partial charge >= 0.3 is 0 Å². The summed E-state index contributed by atoms with van der Waals surface area (Å²) in [7, 11) is 0. The first-order valence-corrected chi connectivity index (χ1v) is 5.53. The van der Waals surface area contributed by atoms with E-state index < -0.39 is 17.7 Å². The molecule has 5 heteroatoms. The van der Waals surface area contributed by atoms with Gasteiger partial charge in [-0.25, -0.2) is 0 Å². The third-order valence-corrected chi connectivity index (χ3v) is 2.56. The van der Waals surface area contributed by atoms with Gasteiger partial charge in [-0.3, -0.25) is 14.4 Å². The van der Waals surface area contributed by atoms with Gasteiger partial charge in [0, 0.05) is 11.1 Å². The Morgan fingerprint density at radius 3 is 2.44 bits per heavy atom. The topological polar surface area (TPSA) is 69.7 Å². The molecule has 0 amide bonds. The molecule has 1 atom stereocenters. The molecule has 2 rings (SSSR count). The molecule has 1 unspecified atom stereocenters. The SMILES string of the molecule is CC(C)Oc1ccc2c(c1)C(=O)C(OC=O)C2=O. The molecule has 0 radical (unpaired) electrons. The molecule has 0 heterocycles. The Bertz CT molecular complexity index is 518. The molecule has 18 heavy (non-hydrogen) atoms. The number of carbonyl (C=O) groups excluding carboxylic acids is 3. The molecule has 0 aromatic heterocycles. The van der Waals surface area contributed by atoms with Crippen LogP contribution in [0.15, 0.2) is 18.2 Å². The van der Waals surface area contributed by atoms with E-state index in [-0.39, 0.29) is 23.7 Å². The van der Waals surface area contributed by atoms with Crippen molar-refractivity contribution in [3.63, 3.8) is 0 Å². The number of Topliss-reactive ketones (excluding diaryl/α,β-unsaturated/α-hetero) is 2. The van der Waals surface area contributed by atoms with Crippen LogP contribution in [0.5, 0.6) is 5.75 Å². The average Bonchev–Trinajstić information content (AvgIpc) is 2.54. The first-order chi connectivity index (χ1) is 8.54. The molecule has 1 aromatic carbocycles. The highest BCUT2D eigenvalue weighted by atomic mass is 16.5. The molecule has 0 saturated carbocycles. The Morgan fingerprint density at radius 2 is 1.83 bits per heavy atom. The van der Waals surface area contributed by atoms with E-state index in [0.29, 0.717) is 5.75 Å². The molecule has 94 valence electrons. The van der Waals surface area contributed by atoms with Crippen LogP contribution in [0.3, 0.4) is 0 Å². The number of rotatable bonds is 4. The van der Waals surface area contributed by atoms with Crippen LogP contribution in [0, 0.1) is 0 Å². The third kappa shape index (κ3) is 1.99. The quantitative estimate of drug-likeness (QED) is 0.595. The lowest BCUT2D eigenvalue weighted by molar-refractivity contribution is -0.130. The molecule has 1 aliphatic rings. The Kier molecular flexibility index (Phi) is 3.14. The third-order valence-electron chi connectivity index (χ3n) is 2.56. The summed E-state index contributed by atoms with van der Waals surface area (Å²) in [6.45, 7) is 3.83. The Balaban J connectivity index is 2.36. The molecule has 0 fully saturated rings. The molecular weight excluding hydrogens is 236 g/mol. The number of fused-ring (bicyclic) bond motifs is 1. The zero-order valence-corrected chi connectivity index (χ0v) is 10.0. The molecule has 5 nitrogen and oxygen atoms in total. The van der Waals surface area contributed by atoms with Crippen molar-refractivity contribution in [3.05, 3.63) is 29.3 Å². The van der Waals surface area contributed by atoms with Gasteiger partial charge in [0.1, 0.15) is 5.75 Å². The van der Waals surface area contributed by atoms with Crippen LogP contribution in [0.1, 0.15) is 34.6 Å². The molecule has 0 saturated heterocycles.